The van der Waals surface area contributed by atoms with Gasteiger partial charge in [0, 0.05) is 12.4 Å². The lowest BCUT2D eigenvalue weighted by Crippen LogP contribution is -2.42. The molecule has 1 aliphatic rings. The molecular weight excluding hydrogens is 214 g/mol. The maximum atomic E-state index is 11.7. The number of nitrogens with zero attached hydrogens (tertiary/aromatic N) is 3. The molecule has 0 aliphatic carbocycles. The van der Waals surface area contributed by atoms with Crippen LogP contribution in [0.15, 0.2) is 12.4 Å². The third-order valence-corrected chi connectivity index (χ3v) is 2.29. The molecule has 2 amide bonds. The number of aromatic nitrogens is 2. The maximum Gasteiger partial charge on any atom is 0.326 e. The zero-order valence-corrected chi connectivity index (χ0v) is 8.25. The van der Waals surface area contributed by atoms with Gasteiger partial charge in [-0.3, -0.25) is 14.5 Å². The fraction of sp³-hybridized carbons (Fsp3) is 0.222. The van der Waals surface area contributed by atoms with Gasteiger partial charge >= 0.3 is 5.97 Å². The van der Waals surface area contributed by atoms with Crippen LogP contribution in [0.25, 0.3) is 0 Å². The van der Waals surface area contributed by atoms with Gasteiger partial charge in [0.1, 0.15) is 6.04 Å². The first kappa shape index (κ1) is 10.2. The van der Waals surface area contributed by atoms with E-state index in [1.54, 1.807) is 0 Å². The number of carbonyl (C=O) groups excluding carboxylic acids is 2. The van der Waals surface area contributed by atoms with Crippen molar-refractivity contribution in [2.24, 2.45) is 0 Å². The number of hydrogen-bond donors (Lipinski definition) is 1. The van der Waals surface area contributed by atoms with Crippen LogP contribution in [0, 0.1) is 0 Å². The minimum absolute atomic E-state index is 0.0967. The predicted octanol–water partition coefficient (Wildman–Crippen LogP) is -0.454. The normalized spacial score (nSPS) is 16.2. The Hall–Kier alpha value is -2.31. The monoisotopic (exact) mass is 221 g/mol. The minimum Gasteiger partial charge on any atom is -0.480 e. The third-order valence-electron chi connectivity index (χ3n) is 2.29. The predicted molar refractivity (Wildman–Crippen MR) is 49.6 cm³/mol. The topological polar surface area (TPSA) is 100 Å². The zero-order valence-electron chi connectivity index (χ0n) is 8.25. The van der Waals surface area contributed by atoms with E-state index in [0.29, 0.717) is 4.90 Å². The van der Waals surface area contributed by atoms with Gasteiger partial charge < -0.3 is 5.11 Å². The molecule has 2 heterocycles. The van der Waals surface area contributed by atoms with Crippen molar-refractivity contribution in [2.75, 3.05) is 0 Å². The molecule has 1 atom stereocenters. The molecule has 1 aromatic rings. The lowest BCUT2D eigenvalue weighted by atomic mass is 10.3. The molecule has 1 aromatic heterocycles. The van der Waals surface area contributed by atoms with Gasteiger partial charge in [-0.2, -0.15) is 0 Å². The summed E-state index contributed by atoms with van der Waals surface area (Å²) in [5.41, 5.74) is -0.193. The Kier molecular flexibility index (Phi) is 2.15. The van der Waals surface area contributed by atoms with Gasteiger partial charge in [0.25, 0.3) is 11.8 Å². The fourth-order valence-corrected chi connectivity index (χ4v) is 1.43. The second-order valence-electron chi connectivity index (χ2n) is 3.25. The quantitative estimate of drug-likeness (QED) is 0.678. The van der Waals surface area contributed by atoms with Crippen molar-refractivity contribution < 1.29 is 19.5 Å². The van der Waals surface area contributed by atoms with E-state index in [-0.39, 0.29) is 11.4 Å². The van der Waals surface area contributed by atoms with Crippen molar-refractivity contribution in [1.29, 1.82) is 0 Å². The molecule has 1 N–H and O–H groups in total. The summed E-state index contributed by atoms with van der Waals surface area (Å²) in [4.78, 5) is 42.2. The van der Waals surface area contributed by atoms with Crippen molar-refractivity contribution in [3.8, 4) is 0 Å². The molecule has 7 heteroatoms. The molecule has 16 heavy (non-hydrogen) atoms. The highest BCUT2D eigenvalue weighted by Crippen LogP contribution is 2.20. The van der Waals surface area contributed by atoms with Gasteiger partial charge in [0.05, 0.1) is 0 Å². The number of hydrogen-bond acceptors (Lipinski definition) is 5. The molecule has 2 rings (SSSR count). The van der Waals surface area contributed by atoms with Crippen LogP contribution >= 0.6 is 0 Å². The molecule has 82 valence electrons. The van der Waals surface area contributed by atoms with Gasteiger partial charge in [-0.1, -0.05) is 0 Å². The van der Waals surface area contributed by atoms with Crippen LogP contribution in [0.2, 0.25) is 0 Å². The average molecular weight is 221 g/mol. The molecule has 1 aliphatic heterocycles. The summed E-state index contributed by atoms with van der Waals surface area (Å²) in [5.74, 6) is -2.69. The van der Waals surface area contributed by atoms with Crippen LogP contribution in [0.4, 0.5) is 0 Å². The third kappa shape index (κ3) is 1.25. The number of imide groups is 1. The Morgan fingerprint density at radius 3 is 2.06 bits per heavy atom. The standard InChI is InChI=1S/C9H7N3O4/c1-4(9(15)16)12-7(13)5-6(8(12)14)11-3-2-10-5/h2-4H,1H3,(H,15,16)/t4-/m0/s1. The first-order chi connectivity index (χ1) is 7.54. The van der Waals surface area contributed by atoms with Crippen molar-refractivity contribution in [1.82, 2.24) is 14.9 Å². The highest BCUT2D eigenvalue weighted by molar-refractivity contribution is 6.20. The smallest absolute Gasteiger partial charge is 0.326 e. The van der Waals surface area contributed by atoms with Crippen LogP contribution in [0.5, 0.6) is 0 Å². The van der Waals surface area contributed by atoms with E-state index in [1.807, 2.05) is 0 Å². The van der Waals surface area contributed by atoms with Gasteiger partial charge in [-0.05, 0) is 6.92 Å². The highest BCUT2D eigenvalue weighted by atomic mass is 16.4. The molecule has 0 unspecified atom stereocenters. The number of aliphatic carboxylic acids is 1. The molecular formula is C9H7N3O4. The van der Waals surface area contributed by atoms with Gasteiger partial charge in [0.15, 0.2) is 11.4 Å². The Morgan fingerprint density at radius 1 is 1.25 bits per heavy atom. The summed E-state index contributed by atoms with van der Waals surface area (Å²) in [6.45, 7) is 1.25. The van der Waals surface area contributed by atoms with Crippen molar-refractivity contribution >= 4 is 17.8 Å². The summed E-state index contributed by atoms with van der Waals surface area (Å²) < 4.78 is 0. The number of carboxylic acid groups (broad SMARTS) is 1. The largest absolute Gasteiger partial charge is 0.480 e. The van der Waals surface area contributed by atoms with Crippen LogP contribution < -0.4 is 0 Å². The van der Waals surface area contributed by atoms with Crippen molar-refractivity contribution in [2.45, 2.75) is 13.0 Å². The second kappa shape index (κ2) is 3.37. The van der Waals surface area contributed by atoms with Crippen molar-refractivity contribution in [3.05, 3.63) is 23.8 Å². The number of carbonyl (C=O) groups is 3. The first-order valence-electron chi connectivity index (χ1n) is 4.45. The van der Waals surface area contributed by atoms with Crippen LogP contribution in [0.1, 0.15) is 27.9 Å². The number of rotatable bonds is 2. The van der Waals surface area contributed by atoms with Gasteiger partial charge in [-0.15, -0.1) is 0 Å². The molecule has 0 aromatic carbocycles. The highest BCUT2D eigenvalue weighted by Gasteiger charge is 2.42. The van der Waals surface area contributed by atoms with E-state index < -0.39 is 23.8 Å². The maximum absolute atomic E-state index is 11.7. The molecule has 0 fully saturated rings. The lowest BCUT2D eigenvalue weighted by molar-refractivity contribution is -0.140. The summed E-state index contributed by atoms with van der Waals surface area (Å²) in [6, 6.07) is -1.23. The summed E-state index contributed by atoms with van der Waals surface area (Å²) in [5, 5.41) is 8.77. The molecule has 7 nitrogen and oxygen atoms in total. The Balaban J connectivity index is 2.46. The van der Waals surface area contributed by atoms with Crippen molar-refractivity contribution in [3.63, 3.8) is 0 Å². The number of carboxylic acids is 1. The van der Waals surface area contributed by atoms with Gasteiger partial charge in [0.2, 0.25) is 0 Å². The zero-order chi connectivity index (χ0) is 11.9. The SMILES string of the molecule is C[C@@H](C(=O)O)N1C(=O)c2nccnc2C1=O. The number of fused-ring (bicyclic) bond motifs is 1. The molecule has 0 saturated heterocycles. The average Bonchev–Trinajstić information content (AvgIpc) is 2.52. The molecule has 0 bridgehead atoms. The van der Waals surface area contributed by atoms with E-state index >= 15 is 0 Å². The summed E-state index contributed by atoms with van der Waals surface area (Å²) >= 11 is 0. The fourth-order valence-electron chi connectivity index (χ4n) is 1.43. The van der Waals surface area contributed by atoms with E-state index in [0.717, 1.165) is 0 Å². The summed E-state index contributed by atoms with van der Waals surface area (Å²) in [6.07, 6.45) is 2.55. The van der Waals surface area contributed by atoms with Crippen LogP contribution in [-0.4, -0.2) is 43.8 Å². The minimum atomic E-state index is -1.26. The van der Waals surface area contributed by atoms with E-state index in [9.17, 15) is 14.4 Å². The molecule has 0 radical (unpaired) electrons. The van der Waals surface area contributed by atoms with E-state index in [4.69, 9.17) is 5.11 Å². The molecule has 0 saturated carbocycles. The lowest BCUT2D eigenvalue weighted by Gasteiger charge is -2.17. The van der Waals surface area contributed by atoms with Crippen LogP contribution in [-0.2, 0) is 4.79 Å². The Morgan fingerprint density at radius 2 is 1.69 bits per heavy atom. The second-order valence-corrected chi connectivity index (χ2v) is 3.25. The molecule has 0 spiro atoms. The van der Waals surface area contributed by atoms with E-state index in [2.05, 4.69) is 9.97 Å². The van der Waals surface area contributed by atoms with Gasteiger partial charge in [-0.25, -0.2) is 14.8 Å². The van der Waals surface area contributed by atoms with E-state index in [1.165, 1.54) is 19.3 Å². The Labute approximate surface area is 89.7 Å². The summed E-state index contributed by atoms with van der Waals surface area (Å²) in [7, 11) is 0. The number of amides is 2. The van der Waals surface area contributed by atoms with Crippen LogP contribution in [0.3, 0.4) is 0 Å². The first-order valence-corrected chi connectivity index (χ1v) is 4.45. The Bertz CT molecular complexity index is 464.